The van der Waals surface area contributed by atoms with Gasteiger partial charge in [0.1, 0.15) is 6.10 Å². The number of nitrogens with one attached hydrogen (secondary N) is 1. The molecule has 0 aromatic carbocycles. The van der Waals surface area contributed by atoms with E-state index in [1.807, 2.05) is 0 Å². The van der Waals surface area contributed by atoms with Crippen LogP contribution in [0.5, 0.6) is 0 Å². The van der Waals surface area contributed by atoms with Crippen molar-refractivity contribution in [2.45, 2.75) is 270 Å². The Kier molecular flexibility index (Phi) is 44.1. The van der Waals surface area contributed by atoms with E-state index in [4.69, 9.17) is 0 Å². The number of unbranched alkanes of at least 4 members (excludes halogenated alkanes) is 30. The van der Waals surface area contributed by atoms with E-state index in [0.717, 1.165) is 44.9 Å². The van der Waals surface area contributed by atoms with Gasteiger partial charge < -0.3 is 20.6 Å². The molecule has 4 N–H and O–H groups in total. The highest BCUT2D eigenvalue weighted by molar-refractivity contribution is 5.76. The van der Waals surface area contributed by atoms with Gasteiger partial charge in [-0.25, -0.2) is 0 Å². The largest absolute Gasteiger partial charge is 0.394 e. The molecule has 0 aromatic heterocycles. The SMILES string of the molecule is CCCCCCCCCCCC/C=C\CCCCCCCCCC(=O)NC(CO)C(O)C(O)CCC/C=C/CC/C=C/CCCCCCCCCCCCC. The van der Waals surface area contributed by atoms with Gasteiger partial charge in [0, 0.05) is 6.42 Å². The van der Waals surface area contributed by atoms with Crippen molar-refractivity contribution in [3.05, 3.63) is 36.5 Å². The van der Waals surface area contributed by atoms with Gasteiger partial charge in [0.15, 0.2) is 0 Å². The van der Waals surface area contributed by atoms with E-state index in [2.05, 4.69) is 55.6 Å². The summed E-state index contributed by atoms with van der Waals surface area (Å²) < 4.78 is 0. The van der Waals surface area contributed by atoms with Gasteiger partial charge in [-0.3, -0.25) is 4.79 Å². The second-order valence-electron chi connectivity index (χ2n) is 16.6. The van der Waals surface area contributed by atoms with Crippen LogP contribution in [-0.4, -0.2) is 46.1 Å². The first-order valence-electron chi connectivity index (χ1n) is 24.3. The van der Waals surface area contributed by atoms with Crippen LogP contribution in [-0.2, 0) is 4.79 Å². The van der Waals surface area contributed by atoms with Crippen molar-refractivity contribution < 1.29 is 20.1 Å². The van der Waals surface area contributed by atoms with E-state index in [-0.39, 0.29) is 12.5 Å². The summed E-state index contributed by atoms with van der Waals surface area (Å²) in [5.74, 6) is -0.161. The summed E-state index contributed by atoms with van der Waals surface area (Å²) in [6.45, 7) is 4.18. The van der Waals surface area contributed by atoms with E-state index in [0.29, 0.717) is 12.8 Å². The Morgan fingerprint density at radius 3 is 1.11 bits per heavy atom. The van der Waals surface area contributed by atoms with E-state index < -0.39 is 18.2 Å². The van der Waals surface area contributed by atoms with Crippen LogP contribution in [0.2, 0.25) is 0 Å². The number of hydrogen-bond acceptors (Lipinski definition) is 4. The van der Waals surface area contributed by atoms with Crippen LogP contribution in [0.3, 0.4) is 0 Å². The first-order valence-corrected chi connectivity index (χ1v) is 24.3. The van der Waals surface area contributed by atoms with Crippen molar-refractivity contribution in [1.29, 1.82) is 0 Å². The zero-order valence-electron chi connectivity index (χ0n) is 36.8. The van der Waals surface area contributed by atoms with Crippen molar-refractivity contribution in [3.63, 3.8) is 0 Å². The quantitative estimate of drug-likeness (QED) is 0.0367. The molecule has 0 aromatic rings. The molecular weight excluding hydrogens is 679 g/mol. The number of carbonyl (C=O) groups is 1. The third kappa shape index (κ3) is 40.6. The molecule has 0 aliphatic carbocycles. The van der Waals surface area contributed by atoms with E-state index in [1.54, 1.807) is 0 Å². The minimum absolute atomic E-state index is 0.161. The number of hydrogen-bond donors (Lipinski definition) is 4. The third-order valence-corrected chi connectivity index (χ3v) is 11.2. The smallest absolute Gasteiger partial charge is 0.220 e. The standard InChI is InChI=1S/C50H95NO4/c1-3-5-7-9-11-13-15-17-19-21-23-25-27-29-31-33-35-37-39-41-43-45-49(54)51-47(46-52)50(55)48(53)44-42-40-38-36-34-32-30-28-26-24-22-20-18-16-14-12-10-8-6-4-2/h25,27-28,30,36,38,47-48,50,52-53,55H,3-24,26,29,31-35,37,39-46H2,1-2H3,(H,51,54)/b27-25-,30-28+,38-36+. The summed E-state index contributed by atoms with van der Waals surface area (Å²) in [6.07, 6.45) is 56.9. The molecule has 0 radical (unpaired) electrons. The highest BCUT2D eigenvalue weighted by Gasteiger charge is 2.26. The first-order chi connectivity index (χ1) is 27.1. The number of allylic oxidation sites excluding steroid dienone is 6. The van der Waals surface area contributed by atoms with Gasteiger partial charge in [-0.1, -0.05) is 204 Å². The Labute approximate surface area is 343 Å². The topological polar surface area (TPSA) is 89.8 Å². The molecule has 0 spiro atoms. The van der Waals surface area contributed by atoms with Gasteiger partial charge in [0.05, 0.1) is 18.8 Å². The zero-order chi connectivity index (χ0) is 40.1. The first kappa shape index (κ1) is 53.6. The molecule has 324 valence electrons. The number of aliphatic hydroxyl groups is 3. The molecule has 55 heavy (non-hydrogen) atoms. The minimum Gasteiger partial charge on any atom is -0.394 e. The van der Waals surface area contributed by atoms with Crippen LogP contribution >= 0.6 is 0 Å². The Hall–Kier alpha value is -1.43. The lowest BCUT2D eigenvalue weighted by Crippen LogP contribution is -2.50. The Morgan fingerprint density at radius 1 is 0.436 bits per heavy atom. The van der Waals surface area contributed by atoms with E-state index >= 15 is 0 Å². The number of aliphatic hydroxyl groups excluding tert-OH is 3. The fraction of sp³-hybridized carbons (Fsp3) is 0.860. The average molecular weight is 774 g/mol. The molecule has 0 aliphatic rings. The molecule has 1 amide bonds. The van der Waals surface area contributed by atoms with Gasteiger partial charge in [0.2, 0.25) is 5.91 Å². The average Bonchev–Trinajstić information content (AvgIpc) is 3.19. The third-order valence-electron chi connectivity index (χ3n) is 11.2. The van der Waals surface area contributed by atoms with Crippen molar-refractivity contribution >= 4 is 5.91 Å². The second-order valence-corrected chi connectivity index (χ2v) is 16.6. The normalized spacial score (nSPS) is 13.8. The number of amides is 1. The molecule has 5 heteroatoms. The maximum Gasteiger partial charge on any atom is 0.220 e. The number of carbonyl (C=O) groups excluding carboxylic acids is 1. The monoisotopic (exact) mass is 774 g/mol. The molecule has 0 bridgehead atoms. The lowest BCUT2D eigenvalue weighted by molar-refractivity contribution is -0.124. The van der Waals surface area contributed by atoms with Crippen LogP contribution < -0.4 is 5.32 Å². The maximum atomic E-state index is 12.5. The summed E-state index contributed by atoms with van der Waals surface area (Å²) >= 11 is 0. The molecule has 0 aliphatic heterocycles. The van der Waals surface area contributed by atoms with Gasteiger partial charge in [-0.2, -0.15) is 0 Å². The predicted molar refractivity (Wildman–Crippen MR) is 241 cm³/mol. The summed E-state index contributed by atoms with van der Waals surface area (Å²) in [5, 5.41) is 33.6. The van der Waals surface area contributed by atoms with E-state index in [1.165, 1.54) is 180 Å². The van der Waals surface area contributed by atoms with Crippen molar-refractivity contribution in [2.75, 3.05) is 6.61 Å². The molecule has 5 nitrogen and oxygen atoms in total. The highest BCUT2D eigenvalue weighted by Crippen LogP contribution is 2.15. The highest BCUT2D eigenvalue weighted by atomic mass is 16.3. The van der Waals surface area contributed by atoms with E-state index in [9.17, 15) is 20.1 Å². The van der Waals surface area contributed by atoms with Crippen molar-refractivity contribution in [2.24, 2.45) is 0 Å². The molecule has 0 saturated carbocycles. The lowest BCUT2D eigenvalue weighted by atomic mass is 10.0. The molecule has 0 saturated heterocycles. The molecule has 0 heterocycles. The molecule has 3 atom stereocenters. The Balaban J connectivity index is 3.67. The number of rotatable bonds is 44. The van der Waals surface area contributed by atoms with Crippen LogP contribution in [0.15, 0.2) is 36.5 Å². The molecule has 0 fully saturated rings. The molecular formula is C50H95NO4. The predicted octanol–water partition coefficient (Wildman–Crippen LogP) is 14.3. The fourth-order valence-corrected chi connectivity index (χ4v) is 7.41. The van der Waals surface area contributed by atoms with Crippen molar-refractivity contribution in [3.8, 4) is 0 Å². The van der Waals surface area contributed by atoms with Crippen molar-refractivity contribution in [1.82, 2.24) is 5.32 Å². The van der Waals surface area contributed by atoms with Crippen LogP contribution in [0.25, 0.3) is 0 Å². The summed E-state index contributed by atoms with van der Waals surface area (Å²) in [4.78, 5) is 12.5. The van der Waals surface area contributed by atoms with Gasteiger partial charge in [-0.05, 0) is 77.0 Å². The lowest BCUT2D eigenvalue weighted by Gasteiger charge is -2.26. The minimum atomic E-state index is -1.17. The Morgan fingerprint density at radius 2 is 0.745 bits per heavy atom. The Bertz CT molecular complexity index is 855. The zero-order valence-corrected chi connectivity index (χ0v) is 36.8. The molecule has 0 rings (SSSR count). The van der Waals surface area contributed by atoms with Crippen LogP contribution in [0.4, 0.5) is 0 Å². The maximum absolute atomic E-state index is 12.5. The second kappa shape index (κ2) is 45.3. The molecule has 3 unspecified atom stereocenters. The van der Waals surface area contributed by atoms with Crippen LogP contribution in [0.1, 0.15) is 251 Å². The van der Waals surface area contributed by atoms with Gasteiger partial charge in [0.25, 0.3) is 0 Å². The summed E-state index contributed by atoms with van der Waals surface area (Å²) in [6, 6.07) is -0.834. The van der Waals surface area contributed by atoms with Gasteiger partial charge in [-0.15, -0.1) is 0 Å². The van der Waals surface area contributed by atoms with Gasteiger partial charge >= 0.3 is 0 Å². The summed E-state index contributed by atoms with van der Waals surface area (Å²) in [7, 11) is 0. The summed E-state index contributed by atoms with van der Waals surface area (Å²) in [5.41, 5.74) is 0. The van der Waals surface area contributed by atoms with Crippen LogP contribution in [0, 0.1) is 0 Å². The fourth-order valence-electron chi connectivity index (χ4n) is 7.41.